The van der Waals surface area contributed by atoms with E-state index in [-0.39, 0.29) is 27.5 Å². The van der Waals surface area contributed by atoms with E-state index in [2.05, 4.69) is 5.32 Å². The zero-order valence-corrected chi connectivity index (χ0v) is 21.0. The Hall–Kier alpha value is -3.63. The minimum absolute atomic E-state index is 0.0134. The number of nitrogens with zero attached hydrogens (tertiary/aromatic N) is 2. The van der Waals surface area contributed by atoms with Crippen molar-refractivity contribution in [2.45, 2.75) is 25.7 Å². The van der Waals surface area contributed by atoms with Crippen molar-refractivity contribution in [1.82, 2.24) is 8.87 Å². The van der Waals surface area contributed by atoms with E-state index >= 15 is 0 Å². The van der Waals surface area contributed by atoms with E-state index in [1.165, 1.54) is 45.4 Å². The molecule has 1 N–H and O–H groups in total. The van der Waals surface area contributed by atoms with Gasteiger partial charge in [-0.05, 0) is 55.5 Å². The Bertz CT molecular complexity index is 1350. The first-order chi connectivity index (χ1) is 16.7. The molecule has 0 aliphatic heterocycles. The minimum atomic E-state index is -3.78. The molecule has 0 spiro atoms. The SMILES string of the molecule is CCOc1ccc(Oc2ccc(S(=O)(=O)N(CC)CC)cc2NC(=O)c2ccn(C)c(=O)c2)cc1. The topological polar surface area (TPSA) is 107 Å². The Morgan fingerprint density at radius 3 is 2.23 bits per heavy atom. The van der Waals surface area contributed by atoms with Gasteiger partial charge in [-0.15, -0.1) is 0 Å². The summed E-state index contributed by atoms with van der Waals surface area (Å²) >= 11 is 0. The van der Waals surface area contributed by atoms with Crippen LogP contribution in [0, 0.1) is 0 Å². The summed E-state index contributed by atoms with van der Waals surface area (Å²) in [5.74, 6) is 0.818. The maximum absolute atomic E-state index is 13.1. The second-order valence-corrected chi connectivity index (χ2v) is 9.51. The fraction of sp³-hybridized carbons (Fsp3) is 0.280. The van der Waals surface area contributed by atoms with Crippen molar-refractivity contribution in [3.05, 3.63) is 76.7 Å². The summed E-state index contributed by atoms with van der Waals surface area (Å²) in [6.07, 6.45) is 1.48. The molecule has 0 bridgehead atoms. The molecule has 1 heterocycles. The molecule has 0 radical (unpaired) electrons. The van der Waals surface area contributed by atoms with E-state index in [0.717, 1.165) is 0 Å². The third-order valence-electron chi connectivity index (χ3n) is 5.27. The van der Waals surface area contributed by atoms with Gasteiger partial charge in [0.05, 0.1) is 17.2 Å². The Morgan fingerprint density at radius 2 is 1.63 bits per heavy atom. The van der Waals surface area contributed by atoms with Gasteiger partial charge in [0.25, 0.3) is 11.5 Å². The van der Waals surface area contributed by atoms with Crippen molar-refractivity contribution in [3.8, 4) is 17.2 Å². The van der Waals surface area contributed by atoms with Gasteiger partial charge in [0.2, 0.25) is 10.0 Å². The quantitative estimate of drug-likeness (QED) is 0.454. The molecule has 3 rings (SSSR count). The smallest absolute Gasteiger partial charge is 0.256 e. The zero-order valence-electron chi connectivity index (χ0n) is 20.1. The van der Waals surface area contributed by atoms with E-state index in [1.807, 2.05) is 6.92 Å². The van der Waals surface area contributed by atoms with Gasteiger partial charge in [0.1, 0.15) is 11.5 Å². The molecule has 0 atom stereocenters. The van der Waals surface area contributed by atoms with Crippen LogP contribution >= 0.6 is 0 Å². The fourth-order valence-corrected chi connectivity index (χ4v) is 4.84. The standard InChI is InChI=1S/C25H29N3O6S/c1-5-28(6-2)35(31,32)21-12-13-23(34-20-10-8-19(9-11-20)33-7-3)22(17-21)26-25(30)18-14-15-27(4)24(29)16-18/h8-17H,5-7H2,1-4H3,(H,26,30). The van der Waals surface area contributed by atoms with E-state index in [1.54, 1.807) is 45.2 Å². The molecule has 0 fully saturated rings. The van der Waals surface area contributed by atoms with Gasteiger partial charge >= 0.3 is 0 Å². The lowest BCUT2D eigenvalue weighted by molar-refractivity contribution is 0.102. The average molecular weight is 500 g/mol. The number of hydrogen-bond acceptors (Lipinski definition) is 6. The van der Waals surface area contributed by atoms with E-state index in [9.17, 15) is 18.0 Å². The molecule has 186 valence electrons. The van der Waals surface area contributed by atoms with Crippen LogP contribution in [0.3, 0.4) is 0 Å². The second-order valence-electron chi connectivity index (χ2n) is 7.57. The molecule has 9 nitrogen and oxygen atoms in total. The maximum atomic E-state index is 13.1. The molecule has 0 aliphatic carbocycles. The molecule has 0 saturated carbocycles. The molecule has 3 aromatic rings. The van der Waals surface area contributed by atoms with Crippen molar-refractivity contribution in [1.29, 1.82) is 0 Å². The van der Waals surface area contributed by atoms with Crippen LogP contribution in [0.2, 0.25) is 0 Å². The van der Waals surface area contributed by atoms with E-state index in [0.29, 0.717) is 31.2 Å². The highest BCUT2D eigenvalue weighted by molar-refractivity contribution is 7.89. The first-order valence-corrected chi connectivity index (χ1v) is 12.7. The number of anilines is 1. The number of ether oxygens (including phenoxy) is 2. The number of pyridine rings is 1. The number of aryl methyl sites for hydroxylation is 1. The Labute approximate surface area is 205 Å². The summed E-state index contributed by atoms with van der Waals surface area (Å²) in [6, 6.07) is 13.9. The predicted octanol–water partition coefficient (Wildman–Crippen LogP) is 3.86. The Balaban J connectivity index is 2.00. The molecule has 1 amide bonds. The molecule has 2 aromatic carbocycles. The number of sulfonamides is 1. The summed E-state index contributed by atoms with van der Waals surface area (Å²) in [7, 11) is -2.20. The van der Waals surface area contributed by atoms with Crippen LogP contribution in [0.4, 0.5) is 5.69 Å². The molecule has 0 saturated heterocycles. The normalized spacial score (nSPS) is 11.3. The summed E-state index contributed by atoms with van der Waals surface area (Å²) in [5.41, 5.74) is -0.0590. The fourth-order valence-electron chi connectivity index (χ4n) is 3.35. The van der Waals surface area contributed by atoms with Crippen LogP contribution in [0.5, 0.6) is 17.2 Å². The Morgan fingerprint density at radius 1 is 0.971 bits per heavy atom. The summed E-state index contributed by atoms with van der Waals surface area (Å²) in [5, 5.41) is 2.69. The van der Waals surface area contributed by atoms with Crippen LogP contribution in [0.25, 0.3) is 0 Å². The highest BCUT2D eigenvalue weighted by Crippen LogP contribution is 2.33. The molecule has 10 heteroatoms. The number of rotatable bonds is 10. The maximum Gasteiger partial charge on any atom is 0.256 e. The van der Waals surface area contributed by atoms with Crippen molar-refractivity contribution >= 4 is 21.6 Å². The van der Waals surface area contributed by atoms with Gasteiger partial charge in [0, 0.05) is 38.0 Å². The second kappa shape index (κ2) is 11.2. The van der Waals surface area contributed by atoms with Crippen LogP contribution in [-0.2, 0) is 17.1 Å². The highest BCUT2D eigenvalue weighted by atomic mass is 32.2. The van der Waals surface area contributed by atoms with Crippen molar-refractivity contribution in [2.75, 3.05) is 25.0 Å². The van der Waals surface area contributed by atoms with Gasteiger partial charge in [0.15, 0.2) is 5.75 Å². The van der Waals surface area contributed by atoms with Gasteiger partial charge in [-0.2, -0.15) is 4.31 Å². The average Bonchev–Trinajstić information content (AvgIpc) is 2.83. The van der Waals surface area contributed by atoms with Crippen molar-refractivity contribution in [2.24, 2.45) is 7.05 Å². The Kier molecular flexibility index (Phi) is 8.31. The van der Waals surface area contributed by atoms with Gasteiger partial charge in [-0.3, -0.25) is 9.59 Å². The van der Waals surface area contributed by atoms with E-state index in [4.69, 9.17) is 9.47 Å². The number of aromatic nitrogens is 1. The lowest BCUT2D eigenvalue weighted by atomic mass is 10.2. The van der Waals surface area contributed by atoms with Gasteiger partial charge in [-0.25, -0.2) is 8.42 Å². The van der Waals surface area contributed by atoms with Gasteiger partial charge < -0.3 is 19.4 Å². The molecule has 1 aromatic heterocycles. The van der Waals surface area contributed by atoms with Crippen LogP contribution in [-0.4, -0.2) is 42.9 Å². The van der Waals surface area contributed by atoms with Crippen LogP contribution in [0.15, 0.2) is 70.5 Å². The van der Waals surface area contributed by atoms with Gasteiger partial charge in [-0.1, -0.05) is 13.8 Å². The largest absolute Gasteiger partial charge is 0.494 e. The predicted molar refractivity (Wildman–Crippen MR) is 134 cm³/mol. The van der Waals surface area contributed by atoms with Crippen LogP contribution in [0.1, 0.15) is 31.1 Å². The number of amides is 1. The first-order valence-electron chi connectivity index (χ1n) is 11.2. The molecule has 0 aliphatic rings. The summed E-state index contributed by atoms with van der Waals surface area (Å²) in [6.45, 7) is 6.53. The molecule has 0 unspecified atom stereocenters. The lowest BCUT2D eigenvalue weighted by Crippen LogP contribution is -2.30. The lowest BCUT2D eigenvalue weighted by Gasteiger charge is -2.20. The number of carbonyl (C=O) groups excluding carboxylic acids is 1. The first kappa shape index (κ1) is 26.0. The zero-order chi connectivity index (χ0) is 25.6. The van der Waals surface area contributed by atoms with Crippen LogP contribution < -0.4 is 20.3 Å². The molecular weight excluding hydrogens is 470 g/mol. The molecular formula is C25H29N3O6S. The summed E-state index contributed by atoms with van der Waals surface area (Å²) in [4.78, 5) is 24.9. The minimum Gasteiger partial charge on any atom is -0.494 e. The third kappa shape index (κ3) is 6.09. The monoisotopic (exact) mass is 499 g/mol. The number of nitrogens with one attached hydrogen (secondary N) is 1. The number of carbonyl (C=O) groups is 1. The highest BCUT2D eigenvalue weighted by Gasteiger charge is 2.24. The number of hydrogen-bond donors (Lipinski definition) is 1. The number of benzene rings is 2. The molecule has 35 heavy (non-hydrogen) atoms. The summed E-state index contributed by atoms with van der Waals surface area (Å²) < 4.78 is 40.2. The van der Waals surface area contributed by atoms with Crippen molar-refractivity contribution in [3.63, 3.8) is 0 Å². The van der Waals surface area contributed by atoms with E-state index < -0.39 is 15.9 Å². The third-order valence-corrected chi connectivity index (χ3v) is 7.32. The van der Waals surface area contributed by atoms with Crippen molar-refractivity contribution < 1.29 is 22.7 Å².